The standard InChI is InChI=1S/C19H26N2O3/c1-23-19(18(14-20)11-8-15(21-22)9-12-18)10-4-7-17(13-19)24-16-5-2-3-6-16/h4,7,10,16,22H,2-3,5-6,8-9,11-13H2,1H3. The lowest BCUT2D eigenvalue weighted by Gasteiger charge is -2.47. The van der Waals surface area contributed by atoms with Crippen molar-refractivity contribution in [3.8, 4) is 6.07 Å². The van der Waals surface area contributed by atoms with Gasteiger partial charge in [0.25, 0.3) is 0 Å². The third-order valence-corrected chi connectivity index (χ3v) is 5.92. The molecule has 24 heavy (non-hydrogen) atoms. The van der Waals surface area contributed by atoms with E-state index in [1.165, 1.54) is 12.8 Å². The Morgan fingerprint density at radius 2 is 2.00 bits per heavy atom. The van der Waals surface area contributed by atoms with E-state index in [-0.39, 0.29) is 0 Å². The first kappa shape index (κ1) is 17.0. The zero-order valence-electron chi connectivity index (χ0n) is 14.3. The Kier molecular flexibility index (Phi) is 4.96. The second-order valence-electron chi connectivity index (χ2n) is 7.15. The number of hydrogen-bond donors (Lipinski definition) is 1. The minimum atomic E-state index is -0.675. The van der Waals surface area contributed by atoms with Crippen molar-refractivity contribution < 1.29 is 14.7 Å². The summed E-state index contributed by atoms with van der Waals surface area (Å²) in [5, 5.41) is 22.3. The smallest absolute Gasteiger partial charge is 0.112 e. The lowest BCUT2D eigenvalue weighted by Crippen LogP contribution is -2.50. The first-order valence-electron chi connectivity index (χ1n) is 8.88. The number of nitriles is 1. The van der Waals surface area contributed by atoms with E-state index in [9.17, 15) is 5.26 Å². The molecular weight excluding hydrogens is 304 g/mol. The molecule has 0 aromatic rings. The molecule has 1 N–H and O–H groups in total. The minimum Gasteiger partial charge on any atom is -0.495 e. The molecule has 0 aromatic carbocycles. The molecule has 1 atom stereocenters. The fraction of sp³-hybridized carbons (Fsp3) is 0.684. The van der Waals surface area contributed by atoms with Crippen LogP contribution in [0.3, 0.4) is 0 Å². The Morgan fingerprint density at radius 1 is 1.29 bits per heavy atom. The van der Waals surface area contributed by atoms with Gasteiger partial charge in [-0.15, -0.1) is 0 Å². The van der Waals surface area contributed by atoms with Crippen LogP contribution in [-0.2, 0) is 9.47 Å². The predicted molar refractivity (Wildman–Crippen MR) is 90.7 cm³/mol. The molecule has 0 aromatic heterocycles. The maximum absolute atomic E-state index is 9.99. The monoisotopic (exact) mass is 330 g/mol. The topological polar surface area (TPSA) is 74.8 Å². The third-order valence-electron chi connectivity index (χ3n) is 5.92. The second-order valence-corrected chi connectivity index (χ2v) is 7.15. The van der Waals surface area contributed by atoms with E-state index in [2.05, 4.69) is 11.2 Å². The van der Waals surface area contributed by atoms with Gasteiger partial charge in [0.1, 0.15) is 5.60 Å². The molecule has 2 fully saturated rings. The van der Waals surface area contributed by atoms with Gasteiger partial charge in [-0.05, 0) is 57.4 Å². The minimum absolute atomic E-state index is 0.301. The molecule has 3 aliphatic rings. The Hall–Kier alpha value is -1.80. The van der Waals surface area contributed by atoms with Crippen molar-refractivity contribution in [2.75, 3.05) is 7.11 Å². The number of methoxy groups -OCH3 is 1. The van der Waals surface area contributed by atoms with Crippen LogP contribution in [0, 0.1) is 16.7 Å². The van der Waals surface area contributed by atoms with Crippen LogP contribution >= 0.6 is 0 Å². The maximum atomic E-state index is 9.99. The van der Waals surface area contributed by atoms with Gasteiger partial charge in [-0.2, -0.15) is 5.26 Å². The van der Waals surface area contributed by atoms with Crippen molar-refractivity contribution in [2.45, 2.75) is 69.5 Å². The predicted octanol–water partition coefficient (Wildman–Crippen LogP) is 4.09. The molecule has 0 amide bonds. The lowest BCUT2D eigenvalue weighted by molar-refractivity contribution is -0.0717. The van der Waals surface area contributed by atoms with Gasteiger partial charge < -0.3 is 14.7 Å². The van der Waals surface area contributed by atoms with Crippen LogP contribution in [0.25, 0.3) is 0 Å². The van der Waals surface area contributed by atoms with E-state index >= 15 is 0 Å². The van der Waals surface area contributed by atoms with Crippen molar-refractivity contribution in [3.05, 3.63) is 24.0 Å². The second kappa shape index (κ2) is 6.98. The molecule has 0 heterocycles. The summed E-state index contributed by atoms with van der Waals surface area (Å²) in [7, 11) is 1.68. The van der Waals surface area contributed by atoms with Gasteiger partial charge in [-0.1, -0.05) is 17.3 Å². The molecule has 3 rings (SSSR count). The highest BCUT2D eigenvalue weighted by Crippen LogP contribution is 2.50. The average molecular weight is 330 g/mol. The molecule has 5 nitrogen and oxygen atoms in total. The first-order valence-corrected chi connectivity index (χ1v) is 8.88. The van der Waals surface area contributed by atoms with E-state index in [1.807, 2.05) is 18.2 Å². The van der Waals surface area contributed by atoms with Crippen LogP contribution in [-0.4, -0.2) is 29.7 Å². The molecule has 0 radical (unpaired) electrons. The van der Waals surface area contributed by atoms with Crippen LogP contribution in [0.1, 0.15) is 57.8 Å². The molecule has 0 bridgehead atoms. The van der Waals surface area contributed by atoms with E-state index in [4.69, 9.17) is 14.7 Å². The Bertz CT molecular complexity index is 586. The maximum Gasteiger partial charge on any atom is 0.112 e. The highest BCUT2D eigenvalue weighted by atomic mass is 16.5. The van der Waals surface area contributed by atoms with Crippen molar-refractivity contribution >= 4 is 5.71 Å². The van der Waals surface area contributed by atoms with Crippen molar-refractivity contribution in [1.29, 1.82) is 5.26 Å². The van der Waals surface area contributed by atoms with Crippen LogP contribution in [0.4, 0.5) is 0 Å². The summed E-state index contributed by atoms with van der Waals surface area (Å²) in [5.41, 5.74) is -0.527. The summed E-state index contributed by atoms with van der Waals surface area (Å²) in [4.78, 5) is 0. The molecule has 5 heteroatoms. The van der Waals surface area contributed by atoms with E-state index in [0.29, 0.717) is 38.2 Å². The lowest BCUT2D eigenvalue weighted by atomic mass is 9.61. The summed E-state index contributed by atoms with van der Waals surface area (Å²) in [6.45, 7) is 0. The number of rotatable bonds is 4. The molecular formula is C19H26N2O3. The first-order chi connectivity index (χ1) is 11.7. The zero-order chi connectivity index (χ0) is 17.0. The molecule has 0 saturated heterocycles. The zero-order valence-corrected chi connectivity index (χ0v) is 14.3. The normalized spacial score (nSPS) is 33.8. The van der Waals surface area contributed by atoms with Gasteiger partial charge in [0.05, 0.1) is 29.1 Å². The van der Waals surface area contributed by atoms with Gasteiger partial charge in [-0.25, -0.2) is 0 Å². The third kappa shape index (κ3) is 2.95. The molecule has 2 saturated carbocycles. The summed E-state index contributed by atoms with van der Waals surface area (Å²) in [5.74, 6) is 0.919. The number of nitrogens with zero attached hydrogens (tertiary/aromatic N) is 2. The quantitative estimate of drug-likeness (QED) is 0.622. The summed E-state index contributed by atoms with van der Waals surface area (Å²) in [6.07, 6.45) is 14.1. The van der Waals surface area contributed by atoms with Crippen LogP contribution in [0.2, 0.25) is 0 Å². The fourth-order valence-electron chi connectivity index (χ4n) is 4.35. The van der Waals surface area contributed by atoms with E-state index in [1.54, 1.807) is 7.11 Å². The molecule has 0 spiro atoms. The Labute approximate surface area is 143 Å². The Morgan fingerprint density at radius 3 is 2.58 bits per heavy atom. The number of hydrogen-bond acceptors (Lipinski definition) is 5. The molecule has 3 aliphatic carbocycles. The number of oxime groups is 1. The summed E-state index contributed by atoms with van der Waals surface area (Å²) >= 11 is 0. The van der Waals surface area contributed by atoms with E-state index < -0.39 is 11.0 Å². The van der Waals surface area contributed by atoms with Crippen molar-refractivity contribution in [3.63, 3.8) is 0 Å². The van der Waals surface area contributed by atoms with Crippen LogP contribution < -0.4 is 0 Å². The highest BCUT2D eigenvalue weighted by Gasteiger charge is 2.53. The number of allylic oxidation sites excluding steroid dienone is 2. The van der Waals surface area contributed by atoms with Crippen molar-refractivity contribution in [1.82, 2.24) is 0 Å². The highest BCUT2D eigenvalue weighted by molar-refractivity contribution is 5.85. The van der Waals surface area contributed by atoms with Gasteiger partial charge in [0, 0.05) is 13.5 Å². The van der Waals surface area contributed by atoms with E-state index in [0.717, 1.165) is 24.3 Å². The fourth-order valence-corrected chi connectivity index (χ4v) is 4.35. The molecule has 1 unspecified atom stereocenters. The van der Waals surface area contributed by atoms with Crippen LogP contribution in [0.5, 0.6) is 0 Å². The van der Waals surface area contributed by atoms with Crippen LogP contribution in [0.15, 0.2) is 29.1 Å². The van der Waals surface area contributed by atoms with Gasteiger partial charge in [0.2, 0.25) is 0 Å². The van der Waals surface area contributed by atoms with Gasteiger partial charge in [-0.3, -0.25) is 0 Å². The Balaban J connectivity index is 1.79. The van der Waals surface area contributed by atoms with Gasteiger partial charge in [0.15, 0.2) is 0 Å². The SMILES string of the molecule is COC1(C2(C#N)CCC(=NO)CC2)C=CC=C(OC2CCCC2)C1. The largest absolute Gasteiger partial charge is 0.495 e. The molecule has 0 aliphatic heterocycles. The number of ether oxygens (including phenoxy) is 2. The van der Waals surface area contributed by atoms with Gasteiger partial charge >= 0.3 is 0 Å². The van der Waals surface area contributed by atoms with Crippen molar-refractivity contribution in [2.24, 2.45) is 10.6 Å². The average Bonchev–Trinajstić information content (AvgIpc) is 3.14. The summed E-state index contributed by atoms with van der Waals surface area (Å²) in [6, 6.07) is 2.54. The molecule has 130 valence electrons. The summed E-state index contributed by atoms with van der Waals surface area (Å²) < 4.78 is 12.1.